The molecular formula is C20H28Br2N2O. The number of phenolic OH excluding ortho intramolecular Hbond substituents is 1. The molecule has 0 aromatic heterocycles. The van der Waals surface area contributed by atoms with Crippen LogP contribution < -0.4 is 5.73 Å². The molecular weight excluding hydrogens is 444 g/mol. The van der Waals surface area contributed by atoms with Crippen molar-refractivity contribution in [3.63, 3.8) is 0 Å². The molecule has 138 valence electrons. The lowest BCUT2D eigenvalue weighted by atomic mass is 9.82. The molecule has 3 rings (SSSR count). The summed E-state index contributed by atoms with van der Waals surface area (Å²) in [7, 11) is 2.20. The molecule has 2 aromatic rings. The van der Waals surface area contributed by atoms with Crippen molar-refractivity contribution in [2.75, 3.05) is 25.9 Å². The Morgan fingerprint density at radius 3 is 2.72 bits per heavy atom. The highest BCUT2D eigenvalue weighted by Crippen LogP contribution is 2.33. The summed E-state index contributed by atoms with van der Waals surface area (Å²) in [6.45, 7) is 2.10. The molecule has 1 aliphatic rings. The Kier molecular flexibility index (Phi) is 8.97. The minimum absolute atomic E-state index is 0. The molecule has 1 unspecified atom stereocenters. The number of likely N-dealkylation sites (N-methyl/N-ethyl adjacent to an activating group) is 1. The zero-order valence-corrected chi connectivity index (χ0v) is 18.1. The molecule has 0 radical (unpaired) electrons. The lowest BCUT2D eigenvalue weighted by molar-refractivity contribution is 0.301. The Morgan fingerprint density at radius 1 is 1.16 bits per heavy atom. The number of rotatable bonds is 5. The van der Waals surface area contributed by atoms with Crippen LogP contribution in [-0.2, 0) is 12.8 Å². The predicted octanol–water partition coefficient (Wildman–Crippen LogP) is 4.72. The molecule has 1 aliphatic carbocycles. The molecule has 5 heteroatoms. The zero-order chi connectivity index (χ0) is 16.2. The summed E-state index contributed by atoms with van der Waals surface area (Å²) < 4.78 is 0. The topological polar surface area (TPSA) is 49.5 Å². The first-order valence-corrected chi connectivity index (χ1v) is 8.46. The summed E-state index contributed by atoms with van der Waals surface area (Å²) in [4.78, 5) is 2.41. The number of hydrogen-bond donors (Lipinski definition) is 2. The van der Waals surface area contributed by atoms with Gasteiger partial charge < -0.3 is 15.7 Å². The van der Waals surface area contributed by atoms with Crippen LogP contribution in [0.25, 0.3) is 0 Å². The monoisotopic (exact) mass is 470 g/mol. The van der Waals surface area contributed by atoms with Crippen LogP contribution in [0.5, 0.6) is 5.75 Å². The van der Waals surface area contributed by atoms with Gasteiger partial charge in [-0.3, -0.25) is 0 Å². The third-order valence-corrected chi connectivity index (χ3v) is 4.83. The second-order valence-electron chi connectivity index (χ2n) is 6.73. The summed E-state index contributed by atoms with van der Waals surface area (Å²) in [5.41, 5.74) is 10.7. The molecule has 3 N–H and O–H groups in total. The number of aromatic hydroxyl groups is 1. The largest absolute Gasteiger partial charge is 0.508 e. The molecule has 0 bridgehead atoms. The fourth-order valence-electron chi connectivity index (χ4n) is 3.63. The van der Waals surface area contributed by atoms with Crippen LogP contribution in [-0.4, -0.2) is 30.1 Å². The Balaban J connectivity index is 0.00000156. The van der Waals surface area contributed by atoms with Gasteiger partial charge in [0.15, 0.2) is 0 Å². The number of nitrogens with two attached hydrogens (primary N) is 1. The van der Waals surface area contributed by atoms with Crippen molar-refractivity contribution in [3.8, 4) is 5.75 Å². The number of aryl methyl sites for hydroxylation is 1. The standard InChI is InChI=1S/C20H26N2O.2BrH/c1-22(11-10-15-4-2-7-18(21)12-15)14-17-6-3-5-16-13-19(23)8-9-20(16)17;;/h2,4,7-9,12-13,17,23H,3,5-6,10-11,14,21H2,1H3;2*1H. The first-order valence-electron chi connectivity index (χ1n) is 8.46. The van der Waals surface area contributed by atoms with Gasteiger partial charge in [-0.2, -0.15) is 0 Å². The third-order valence-electron chi connectivity index (χ3n) is 4.83. The highest BCUT2D eigenvalue weighted by molar-refractivity contribution is 8.93. The molecule has 0 spiro atoms. The number of nitrogens with zero attached hydrogens (tertiary/aromatic N) is 1. The van der Waals surface area contributed by atoms with Crippen molar-refractivity contribution in [2.24, 2.45) is 0 Å². The van der Waals surface area contributed by atoms with Gasteiger partial charge in [-0.15, -0.1) is 34.0 Å². The van der Waals surface area contributed by atoms with E-state index in [4.69, 9.17) is 5.73 Å². The normalized spacial score (nSPS) is 15.8. The zero-order valence-electron chi connectivity index (χ0n) is 14.6. The number of hydrogen-bond acceptors (Lipinski definition) is 3. The third kappa shape index (κ3) is 6.01. The smallest absolute Gasteiger partial charge is 0.115 e. The Hall–Kier alpha value is -1.04. The van der Waals surface area contributed by atoms with Gasteiger partial charge in [-0.25, -0.2) is 0 Å². The van der Waals surface area contributed by atoms with E-state index in [1.54, 1.807) is 0 Å². The van der Waals surface area contributed by atoms with E-state index in [2.05, 4.69) is 30.1 Å². The van der Waals surface area contributed by atoms with Gasteiger partial charge in [0.05, 0.1) is 0 Å². The maximum atomic E-state index is 9.67. The number of phenols is 1. The number of halogens is 2. The van der Waals surface area contributed by atoms with Gasteiger partial charge in [-0.05, 0) is 79.6 Å². The number of fused-ring (bicyclic) bond motifs is 1. The maximum absolute atomic E-state index is 9.67. The second-order valence-corrected chi connectivity index (χ2v) is 6.73. The Labute approximate surface area is 171 Å². The van der Waals surface area contributed by atoms with Crippen molar-refractivity contribution in [1.29, 1.82) is 0 Å². The highest BCUT2D eigenvalue weighted by Gasteiger charge is 2.21. The van der Waals surface area contributed by atoms with Crippen LogP contribution in [0.2, 0.25) is 0 Å². The minimum Gasteiger partial charge on any atom is -0.508 e. The Bertz CT molecular complexity index is 678. The van der Waals surface area contributed by atoms with Gasteiger partial charge in [0.2, 0.25) is 0 Å². The molecule has 1 atom stereocenters. The fourth-order valence-corrected chi connectivity index (χ4v) is 3.63. The fraction of sp³-hybridized carbons (Fsp3) is 0.400. The van der Waals surface area contributed by atoms with Crippen molar-refractivity contribution in [2.45, 2.75) is 31.6 Å². The van der Waals surface area contributed by atoms with Gasteiger partial charge in [-0.1, -0.05) is 18.2 Å². The number of benzene rings is 2. The van der Waals surface area contributed by atoms with Gasteiger partial charge in [0.1, 0.15) is 5.75 Å². The lowest BCUT2D eigenvalue weighted by Crippen LogP contribution is -2.28. The highest BCUT2D eigenvalue weighted by atomic mass is 79.9. The van der Waals surface area contributed by atoms with Gasteiger partial charge in [0.25, 0.3) is 0 Å². The molecule has 25 heavy (non-hydrogen) atoms. The van der Waals surface area contributed by atoms with Crippen LogP contribution >= 0.6 is 34.0 Å². The van der Waals surface area contributed by atoms with E-state index in [1.807, 2.05) is 24.3 Å². The SMILES string of the molecule is Br.Br.CN(CCc1cccc(N)c1)CC1CCCc2cc(O)ccc21. The minimum atomic E-state index is 0. The first-order chi connectivity index (χ1) is 11.1. The van der Waals surface area contributed by atoms with Crippen LogP contribution in [0.3, 0.4) is 0 Å². The van der Waals surface area contributed by atoms with Crippen LogP contribution in [0.15, 0.2) is 42.5 Å². The first kappa shape index (κ1) is 22.0. The van der Waals surface area contributed by atoms with E-state index >= 15 is 0 Å². The van der Waals surface area contributed by atoms with Crippen LogP contribution in [0, 0.1) is 0 Å². The van der Waals surface area contributed by atoms with E-state index < -0.39 is 0 Å². The molecule has 0 amide bonds. The summed E-state index contributed by atoms with van der Waals surface area (Å²) in [6.07, 6.45) is 4.56. The summed E-state index contributed by atoms with van der Waals surface area (Å²) in [5.74, 6) is 0.963. The predicted molar refractivity (Wildman–Crippen MR) is 116 cm³/mol. The van der Waals surface area contributed by atoms with Gasteiger partial charge >= 0.3 is 0 Å². The number of nitrogen functional groups attached to an aromatic ring is 1. The summed E-state index contributed by atoms with van der Waals surface area (Å²) in [6, 6.07) is 14.0. The van der Waals surface area contributed by atoms with E-state index in [0.29, 0.717) is 11.7 Å². The van der Waals surface area contributed by atoms with Crippen molar-refractivity contribution in [1.82, 2.24) is 4.90 Å². The molecule has 0 fully saturated rings. The van der Waals surface area contributed by atoms with Crippen molar-refractivity contribution < 1.29 is 5.11 Å². The van der Waals surface area contributed by atoms with E-state index in [0.717, 1.165) is 31.6 Å². The summed E-state index contributed by atoms with van der Waals surface area (Å²) in [5, 5.41) is 9.67. The molecule has 0 heterocycles. The maximum Gasteiger partial charge on any atom is 0.115 e. The molecule has 2 aromatic carbocycles. The second kappa shape index (κ2) is 10.2. The molecule has 3 nitrogen and oxygen atoms in total. The van der Waals surface area contributed by atoms with E-state index in [9.17, 15) is 5.11 Å². The van der Waals surface area contributed by atoms with Crippen LogP contribution in [0.1, 0.15) is 35.4 Å². The van der Waals surface area contributed by atoms with Gasteiger partial charge in [0, 0.05) is 18.8 Å². The lowest BCUT2D eigenvalue weighted by Gasteiger charge is -2.29. The quantitative estimate of drug-likeness (QED) is 0.620. The van der Waals surface area contributed by atoms with E-state index in [1.165, 1.54) is 29.5 Å². The van der Waals surface area contributed by atoms with Crippen molar-refractivity contribution in [3.05, 3.63) is 59.2 Å². The molecule has 0 saturated heterocycles. The van der Waals surface area contributed by atoms with Crippen LogP contribution in [0.4, 0.5) is 5.69 Å². The summed E-state index contributed by atoms with van der Waals surface area (Å²) >= 11 is 0. The van der Waals surface area contributed by atoms with Crippen molar-refractivity contribution >= 4 is 39.7 Å². The van der Waals surface area contributed by atoms with E-state index in [-0.39, 0.29) is 34.0 Å². The Morgan fingerprint density at radius 2 is 1.96 bits per heavy atom. The average Bonchev–Trinajstić information content (AvgIpc) is 2.53. The average molecular weight is 472 g/mol. The molecule has 0 saturated carbocycles. The number of anilines is 1. The molecule has 0 aliphatic heterocycles.